The topological polar surface area (TPSA) is 46.5 Å². The van der Waals surface area contributed by atoms with Crippen LogP contribution in [0.1, 0.15) is 20.3 Å². The van der Waals surface area contributed by atoms with Crippen LogP contribution in [0.2, 0.25) is 0 Å². The quantitative estimate of drug-likeness (QED) is 0.654. The Hall–Kier alpha value is -0.220. The zero-order chi connectivity index (χ0) is 9.19. The molecule has 2 unspecified atom stereocenters. The summed E-state index contributed by atoms with van der Waals surface area (Å²) in [4.78, 5) is 11.2. The van der Waals surface area contributed by atoms with Gasteiger partial charge in [-0.05, 0) is 13.3 Å². The summed E-state index contributed by atoms with van der Waals surface area (Å²) < 4.78 is 4.77. The first-order valence-corrected chi connectivity index (χ1v) is 5.14. The summed E-state index contributed by atoms with van der Waals surface area (Å²) in [5, 5.41) is 10.1. The summed E-state index contributed by atoms with van der Waals surface area (Å²) in [6.45, 7) is 4.08. The average molecular weight is 190 g/mol. The molecule has 0 aromatic carbocycles. The smallest absolute Gasteiger partial charge is 0.339 e. The van der Waals surface area contributed by atoms with Crippen LogP contribution in [0.3, 0.4) is 0 Å². The lowest BCUT2D eigenvalue weighted by atomic mass is 10.0. The van der Waals surface area contributed by atoms with Gasteiger partial charge in [0.05, 0.1) is 6.61 Å². The van der Waals surface area contributed by atoms with Crippen molar-refractivity contribution in [1.82, 2.24) is 0 Å². The van der Waals surface area contributed by atoms with Crippen LogP contribution in [-0.4, -0.2) is 34.3 Å². The summed E-state index contributed by atoms with van der Waals surface area (Å²) in [6.07, 6.45) is 0.510. The van der Waals surface area contributed by atoms with Gasteiger partial charge in [0.1, 0.15) is 0 Å². The Balaban J connectivity index is 2.54. The molecule has 1 aliphatic heterocycles. The van der Waals surface area contributed by atoms with Crippen LogP contribution >= 0.6 is 11.8 Å². The number of carbonyl (C=O) groups excluding carboxylic acids is 1. The number of carbonyl (C=O) groups is 1. The van der Waals surface area contributed by atoms with Crippen molar-refractivity contribution in [3.63, 3.8) is 0 Å². The number of thioether (sulfide) groups is 1. The molecule has 4 heteroatoms. The number of ether oxygens (including phenoxy) is 1. The minimum atomic E-state index is -1.22. The van der Waals surface area contributed by atoms with Crippen LogP contribution in [0, 0.1) is 0 Å². The first-order valence-electron chi connectivity index (χ1n) is 4.09. The van der Waals surface area contributed by atoms with Crippen molar-refractivity contribution < 1.29 is 14.6 Å². The van der Waals surface area contributed by atoms with E-state index < -0.39 is 11.6 Å². The third-order valence-electron chi connectivity index (χ3n) is 1.89. The van der Waals surface area contributed by atoms with E-state index in [0.29, 0.717) is 24.0 Å². The summed E-state index contributed by atoms with van der Waals surface area (Å²) in [6, 6.07) is 0. The molecule has 1 N–H and O–H groups in total. The molecule has 1 fully saturated rings. The second kappa shape index (κ2) is 3.66. The Morgan fingerprint density at radius 2 is 2.50 bits per heavy atom. The van der Waals surface area contributed by atoms with Crippen LogP contribution in [0.4, 0.5) is 0 Å². The van der Waals surface area contributed by atoms with Gasteiger partial charge >= 0.3 is 5.97 Å². The molecule has 0 radical (unpaired) electrons. The molecule has 3 nitrogen and oxygen atoms in total. The van der Waals surface area contributed by atoms with E-state index in [9.17, 15) is 9.90 Å². The number of aliphatic hydroxyl groups is 1. The molecule has 70 valence electrons. The standard InChI is InChI=1S/C8H14O3S/c1-3-11-7(9)8(10)4-6(2)12-5-8/h6,10H,3-5H2,1-2H3. The van der Waals surface area contributed by atoms with Gasteiger partial charge in [-0.2, -0.15) is 11.8 Å². The third-order valence-corrected chi connectivity index (χ3v) is 3.27. The number of hydrogen-bond acceptors (Lipinski definition) is 4. The molecule has 0 aromatic heterocycles. The summed E-state index contributed by atoms with van der Waals surface area (Å²) in [7, 11) is 0. The van der Waals surface area contributed by atoms with Crippen LogP contribution in [0.5, 0.6) is 0 Å². The van der Waals surface area contributed by atoms with E-state index in [-0.39, 0.29) is 0 Å². The van der Waals surface area contributed by atoms with Crippen molar-refractivity contribution in [3.8, 4) is 0 Å². The fraction of sp³-hybridized carbons (Fsp3) is 0.875. The first kappa shape index (κ1) is 9.86. The van der Waals surface area contributed by atoms with Gasteiger partial charge in [0.25, 0.3) is 0 Å². The lowest BCUT2D eigenvalue weighted by Crippen LogP contribution is -2.40. The molecule has 1 heterocycles. The van der Waals surface area contributed by atoms with Gasteiger partial charge < -0.3 is 9.84 Å². The van der Waals surface area contributed by atoms with Gasteiger partial charge in [0.2, 0.25) is 0 Å². The fourth-order valence-corrected chi connectivity index (χ4v) is 2.47. The molecule has 0 saturated carbocycles. The minimum Gasteiger partial charge on any atom is -0.464 e. The maximum atomic E-state index is 11.2. The van der Waals surface area contributed by atoms with E-state index >= 15 is 0 Å². The lowest BCUT2D eigenvalue weighted by Gasteiger charge is -2.18. The normalized spacial score (nSPS) is 35.1. The molecular weight excluding hydrogens is 176 g/mol. The maximum Gasteiger partial charge on any atom is 0.339 e. The monoisotopic (exact) mass is 190 g/mol. The highest BCUT2D eigenvalue weighted by Crippen LogP contribution is 2.34. The predicted octanol–water partition coefficient (Wildman–Crippen LogP) is 0.806. The molecule has 0 amide bonds. The lowest BCUT2D eigenvalue weighted by molar-refractivity contribution is -0.162. The number of rotatable bonds is 2. The van der Waals surface area contributed by atoms with Crippen LogP contribution in [0.25, 0.3) is 0 Å². The fourth-order valence-electron chi connectivity index (χ4n) is 1.28. The molecule has 1 rings (SSSR count). The van der Waals surface area contributed by atoms with Crippen molar-refractivity contribution in [3.05, 3.63) is 0 Å². The van der Waals surface area contributed by atoms with Crippen LogP contribution in [-0.2, 0) is 9.53 Å². The Kier molecular flexibility index (Phi) is 3.01. The molecular formula is C8H14O3S. The highest BCUT2D eigenvalue weighted by atomic mass is 32.2. The molecule has 1 aliphatic rings. The van der Waals surface area contributed by atoms with Gasteiger partial charge in [0, 0.05) is 11.0 Å². The second-order valence-corrected chi connectivity index (χ2v) is 4.50. The van der Waals surface area contributed by atoms with Gasteiger partial charge in [-0.15, -0.1) is 0 Å². The van der Waals surface area contributed by atoms with Gasteiger partial charge in [0.15, 0.2) is 5.60 Å². The van der Waals surface area contributed by atoms with Gasteiger partial charge in [-0.3, -0.25) is 0 Å². The summed E-state index contributed by atoms with van der Waals surface area (Å²) in [5.74, 6) is -0.00523. The highest BCUT2D eigenvalue weighted by molar-refractivity contribution is 8.00. The second-order valence-electron chi connectivity index (χ2n) is 3.08. The van der Waals surface area contributed by atoms with E-state index in [2.05, 4.69) is 0 Å². The molecule has 1 saturated heterocycles. The molecule has 0 aromatic rings. The number of hydrogen-bond donors (Lipinski definition) is 1. The van der Waals surface area contributed by atoms with E-state index in [1.165, 1.54) is 0 Å². The Morgan fingerprint density at radius 3 is 2.92 bits per heavy atom. The molecule has 0 aliphatic carbocycles. The first-order chi connectivity index (χ1) is 5.58. The van der Waals surface area contributed by atoms with E-state index in [0.717, 1.165) is 0 Å². The van der Waals surface area contributed by atoms with Crippen LogP contribution < -0.4 is 0 Å². The van der Waals surface area contributed by atoms with Crippen molar-refractivity contribution in [2.24, 2.45) is 0 Å². The SMILES string of the molecule is CCOC(=O)C1(O)CSC(C)C1. The van der Waals surface area contributed by atoms with Gasteiger partial charge in [-0.1, -0.05) is 6.92 Å². The van der Waals surface area contributed by atoms with Crippen molar-refractivity contribution in [2.75, 3.05) is 12.4 Å². The maximum absolute atomic E-state index is 11.2. The van der Waals surface area contributed by atoms with Gasteiger partial charge in [-0.25, -0.2) is 4.79 Å². The summed E-state index contributed by atoms with van der Waals surface area (Å²) in [5.41, 5.74) is -1.22. The molecule has 0 bridgehead atoms. The van der Waals surface area contributed by atoms with E-state index in [1.54, 1.807) is 18.7 Å². The van der Waals surface area contributed by atoms with Crippen LogP contribution in [0.15, 0.2) is 0 Å². The van der Waals surface area contributed by atoms with E-state index in [1.807, 2.05) is 6.92 Å². The highest BCUT2D eigenvalue weighted by Gasteiger charge is 2.43. The van der Waals surface area contributed by atoms with Crippen molar-refractivity contribution >= 4 is 17.7 Å². The molecule has 2 atom stereocenters. The Bertz CT molecular complexity index is 183. The molecule has 12 heavy (non-hydrogen) atoms. The van der Waals surface area contributed by atoms with Crippen molar-refractivity contribution in [2.45, 2.75) is 31.1 Å². The minimum absolute atomic E-state index is 0.334. The average Bonchev–Trinajstić information content (AvgIpc) is 2.33. The number of esters is 1. The molecule has 0 spiro atoms. The zero-order valence-electron chi connectivity index (χ0n) is 7.37. The van der Waals surface area contributed by atoms with Crippen molar-refractivity contribution in [1.29, 1.82) is 0 Å². The third kappa shape index (κ3) is 1.93. The predicted molar refractivity (Wildman–Crippen MR) is 48.1 cm³/mol. The zero-order valence-corrected chi connectivity index (χ0v) is 8.19. The summed E-state index contributed by atoms with van der Waals surface area (Å²) >= 11 is 1.61. The Morgan fingerprint density at radius 1 is 1.83 bits per heavy atom. The van der Waals surface area contributed by atoms with E-state index in [4.69, 9.17) is 4.74 Å². The largest absolute Gasteiger partial charge is 0.464 e. The Labute approximate surface area is 76.5 Å².